The summed E-state index contributed by atoms with van der Waals surface area (Å²) in [6.07, 6.45) is 14.7. The third-order valence-corrected chi connectivity index (χ3v) is 6.55. The average molecular weight is 479 g/mol. The van der Waals surface area contributed by atoms with Crippen LogP contribution in [0.15, 0.2) is 18.2 Å². The predicted octanol–water partition coefficient (Wildman–Crippen LogP) is 7.78. The van der Waals surface area contributed by atoms with Crippen LogP contribution in [0.4, 0.5) is 0 Å². The van der Waals surface area contributed by atoms with Crippen LogP contribution < -0.4 is 4.74 Å². The van der Waals surface area contributed by atoms with E-state index in [4.69, 9.17) is 19.7 Å². The Morgan fingerprint density at radius 3 is 2.18 bits per heavy atom. The lowest BCUT2D eigenvalue weighted by Gasteiger charge is -2.32. The van der Waals surface area contributed by atoms with Crippen molar-refractivity contribution in [3.63, 3.8) is 0 Å². The highest BCUT2D eigenvalue weighted by Crippen LogP contribution is 2.48. The number of carboxylic acid groups (broad SMARTS) is 2. The van der Waals surface area contributed by atoms with Crippen molar-refractivity contribution in [3.8, 4) is 5.75 Å². The molecule has 34 heavy (non-hydrogen) atoms. The first kappa shape index (κ1) is 32.0. The van der Waals surface area contributed by atoms with Crippen LogP contribution in [0.3, 0.4) is 0 Å². The minimum atomic E-state index is -0.906. The third kappa shape index (κ3) is 11.9. The minimum Gasteiger partial charge on any atom is -0.482 e. The van der Waals surface area contributed by atoms with Gasteiger partial charge in [-0.25, -0.2) is 4.79 Å². The molecule has 2 aliphatic rings. The van der Waals surface area contributed by atoms with Gasteiger partial charge in [0.1, 0.15) is 5.75 Å². The Balaban J connectivity index is 0.00000121. The van der Waals surface area contributed by atoms with Crippen molar-refractivity contribution in [2.75, 3.05) is 6.61 Å². The minimum absolute atomic E-state index is 0.245. The van der Waals surface area contributed by atoms with E-state index in [0.29, 0.717) is 0 Å². The van der Waals surface area contributed by atoms with E-state index in [-0.39, 0.29) is 6.61 Å². The molecule has 196 valence electrons. The maximum absolute atomic E-state index is 10.8. The fourth-order valence-corrected chi connectivity index (χ4v) is 5.20. The summed E-state index contributed by atoms with van der Waals surface area (Å²) in [7, 11) is 0. The summed E-state index contributed by atoms with van der Waals surface area (Å²) in [4.78, 5) is 19.8. The number of ether oxygens (including phenoxy) is 1. The van der Waals surface area contributed by atoms with Crippen LogP contribution in [0.2, 0.25) is 0 Å². The number of aliphatic carboxylic acids is 2. The van der Waals surface area contributed by atoms with Crippen molar-refractivity contribution in [3.05, 3.63) is 29.3 Å². The molecule has 0 unspecified atom stereocenters. The number of carboxylic acids is 2. The molecular formula is C29H50O5. The van der Waals surface area contributed by atoms with E-state index in [1.807, 2.05) is 39.8 Å². The number of unbranched alkanes of at least 4 members (excludes halogenated alkanes) is 5. The first-order valence-electron chi connectivity index (χ1n) is 13.6. The van der Waals surface area contributed by atoms with Gasteiger partial charge in [-0.2, -0.15) is 0 Å². The second kappa shape index (κ2) is 19.3. The normalized spacial score (nSPS) is 19.5. The molecular weight excluding hydrogens is 428 g/mol. The molecule has 0 saturated heterocycles. The summed E-state index contributed by atoms with van der Waals surface area (Å²) in [5, 5.41) is 16.3. The standard InChI is InChI=1S/C23H34O3.C2H4O2.2C2H6/c1-2-3-4-5-6-7-9-17-12-13-19-15-21-18(14-20(17)19)10-8-11-22(21)26-16-23(24)25;1-2(3)4;2*1-2/h8,10-11,17,19-20H,2-7,9,12-16H2,1H3,(H,24,25);1H3,(H,3,4);2*1-2H3/t17-,19+,20+;;;/m0.../s1. The summed E-state index contributed by atoms with van der Waals surface area (Å²) in [6.45, 7) is 11.1. The Hall–Kier alpha value is -2.04. The number of carbonyl (C=O) groups is 2. The van der Waals surface area contributed by atoms with Gasteiger partial charge in [-0.1, -0.05) is 91.7 Å². The molecule has 0 amide bonds. The van der Waals surface area contributed by atoms with Gasteiger partial charge < -0.3 is 14.9 Å². The van der Waals surface area contributed by atoms with Crippen LogP contribution in [-0.4, -0.2) is 28.8 Å². The zero-order valence-corrected chi connectivity index (χ0v) is 22.6. The SMILES string of the molecule is CC.CC.CC(=O)O.CCCCCCCC[C@H]1CC[C@@H]2Cc3c(cccc3OCC(=O)O)C[C@H]12. The van der Waals surface area contributed by atoms with Gasteiger partial charge in [-0.15, -0.1) is 0 Å². The average Bonchev–Trinajstić information content (AvgIpc) is 3.22. The van der Waals surface area contributed by atoms with Crippen molar-refractivity contribution in [2.24, 2.45) is 17.8 Å². The summed E-state index contributed by atoms with van der Waals surface area (Å²) in [6, 6.07) is 6.18. The molecule has 2 aliphatic carbocycles. The smallest absolute Gasteiger partial charge is 0.341 e. The lowest BCUT2D eigenvalue weighted by atomic mass is 9.73. The molecule has 0 aliphatic heterocycles. The zero-order valence-electron chi connectivity index (χ0n) is 22.6. The molecule has 0 radical (unpaired) electrons. The molecule has 1 fully saturated rings. The predicted molar refractivity (Wildman–Crippen MR) is 141 cm³/mol. The van der Waals surface area contributed by atoms with Crippen molar-refractivity contribution >= 4 is 11.9 Å². The Bertz CT molecular complexity index is 681. The molecule has 0 spiro atoms. The highest BCUT2D eigenvalue weighted by Gasteiger charge is 2.39. The Labute approximate surface area is 208 Å². The number of hydrogen-bond acceptors (Lipinski definition) is 3. The van der Waals surface area contributed by atoms with Crippen LogP contribution in [0.1, 0.15) is 110 Å². The lowest BCUT2D eigenvalue weighted by Crippen LogP contribution is -2.26. The van der Waals surface area contributed by atoms with Crippen LogP contribution in [-0.2, 0) is 22.4 Å². The molecule has 3 rings (SSSR count). The molecule has 3 atom stereocenters. The van der Waals surface area contributed by atoms with Gasteiger partial charge in [-0.3, -0.25) is 4.79 Å². The molecule has 1 aromatic rings. The molecule has 5 heteroatoms. The molecule has 1 aromatic carbocycles. The maximum Gasteiger partial charge on any atom is 0.341 e. The van der Waals surface area contributed by atoms with Gasteiger partial charge in [0.2, 0.25) is 0 Å². The number of rotatable bonds is 10. The number of benzene rings is 1. The maximum atomic E-state index is 10.8. The van der Waals surface area contributed by atoms with Gasteiger partial charge in [0.15, 0.2) is 6.61 Å². The van der Waals surface area contributed by atoms with E-state index in [2.05, 4.69) is 13.0 Å². The van der Waals surface area contributed by atoms with Crippen molar-refractivity contribution < 1.29 is 24.5 Å². The fraction of sp³-hybridized carbons (Fsp3) is 0.724. The van der Waals surface area contributed by atoms with Gasteiger partial charge in [0.05, 0.1) is 0 Å². The van der Waals surface area contributed by atoms with Crippen LogP contribution >= 0.6 is 0 Å². The molecule has 0 bridgehead atoms. The fourth-order valence-electron chi connectivity index (χ4n) is 5.20. The van der Waals surface area contributed by atoms with Crippen LogP contribution in [0, 0.1) is 17.8 Å². The molecule has 5 nitrogen and oxygen atoms in total. The second-order valence-corrected chi connectivity index (χ2v) is 8.82. The summed E-state index contributed by atoms with van der Waals surface area (Å²) >= 11 is 0. The second-order valence-electron chi connectivity index (χ2n) is 8.82. The Kier molecular flexibility index (Phi) is 18.1. The van der Waals surface area contributed by atoms with Gasteiger partial charge in [0, 0.05) is 6.92 Å². The highest BCUT2D eigenvalue weighted by atomic mass is 16.5. The quantitative estimate of drug-likeness (QED) is 0.335. The first-order chi connectivity index (χ1) is 16.4. The largest absolute Gasteiger partial charge is 0.482 e. The van der Waals surface area contributed by atoms with Gasteiger partial charge in [0.25, 0.3) is 5.97 Å². The van der Waals surface area contributed by atoms with E-state index >= 15 is 0 Å². The summed E-state index contributed by atoms with van der Waals surface area (Å²) in [5.74, 6) is 1.54. The third-order valence-electron chi connectivity index (χ3n) is 6.55. The van der Waals surface area contributed by atoms with Crippen molar-refractivity contribution in [1.82, 2.24) is 0 Å². The van der Waals surface area contributed by atoms with E-state index in [1.165, 1.54) is 68.9 Å². The van der Waals surface area contributed by atoms with E-state index < -0.39 is 11.9 Å². The van der Waals surface area contributed by atoms with Crippen LogP contribution in [0.25, 0.3) is 0 Å². The van der Waals surface area contributed by atoms with Gasteiger partial charge >= 0.3 is 5.97 Å². The van der Waals surface area contributed by atoms with E-state index in [0.717, 1.165) is 43.3 Å². The summed E-state index contributed by atoms with van der Waals surface area (Å²) in [5.41, 5.74) is 2.67. The highest BCUT2D eigenvalue weighted by molar-refractivity contribution is 5.68. The molecule has 0 aromatic heterocycles. The topological polar surface area (TPSA) is 83.8 Å². The molecule has 2 N–H and O–H groups in total. The number of hydrogen-bond donors (Lipinski definition) is 2. The van der Waals surface area contributed by atoms with Crippen molar-refractivity contribution in [2.45, 2.75) is 112 Å². The zero-order chi connectivity index (χ0) is 25.9. The van der Waals surface area contributed by atoms with Crippen LogP contribution in [0.5, 0.6) is 5.75 Å². The number of fused-ring (bicyclic) bond motifs is 2. The molecule has 1 saturated carbocycles. The van der Waals surface area contributed by atoms with Gasteiger partial charge in [-0.05, 0) is 60.6 Å². The lowest BCUT2D eigenvalue weighted by molar-refractivity contribution is -0.139. The van der Waals surface area contributed by atoms with E-state index in [9.17, 15) is 4.79 Å². The summed E-state index contributed by atoms with van der Waals surface area (Å²) < 4.78 is 5.55. The van der Waals surface area contributed by atoms with E-state index in [1.54, 1.807) is 0 Å². The first-order valence-corrected chi connectivity index (χ1v) is 13.6. The Morgan fingerprint density at radius 2 is 1.56 bits per heavy atom. The monoisotopic (exact) mass is 478 g/mol. The molecule has 0 heterocycles. The van der Waals surface area contributed by atoms with Crippen molar-refractivity contribution in [1.29, 1.82) is 0 Å². The Morgan fingerprint density at radius 1 is 0.941 bits per heavy atom.